The number of carbonyl (C=O) groups is 1. The molecule has 4 rings (SSSR count). The number of aromatic nitrogens is 4. The van der Waals surface area contributed by atoms with Gasteiger partial charge in [0.1, 0.15) is 6.33 Å². The smallest absolute Gasteiger partial charge is 0.235 e. The first kappa shape index (κ1) is 17.4. The monoisotopic (exact) mass is 363 g/mol. The van der Waals surface area contributed by atoms with Crippen molar-refractivity contribution in [3.05, 3.63) is 66.0 Å². The zero-order chi connectivity index (χ0) is 18.7. The summed E-state index contributed by atoms with van der Waals surface area (Å²) in [5.41, 5.74) is 3.01. The summed E-state index contributed by atoms with van der Waals surface area (Å²) in [6.45, 7) is 3.13. The summed E-state index contributed by atoms with van der Waals surface area (Å²) in [5.74, 6) is -0.0106. The Balaban J connectivity index is 1.65. The van der Waals surface area contributed by atoms with Gasteiger partial charge in [0, 0.05) is 18.9 Å². The fourth-order valence-corrected chi connectivity index (χ4v) is 3.58. The molecule has 0 atom stereocenters. The molecule has 1 aliphatic rings. The minimum absolute atomic E-state index is 0.0106. The fraction of sp³-hybridized carbons (Fsp3) is 0.300. The average molecular weight is 363 g/mol. The lowest BCUT2D eigenvalue weighted by Crippen LogP contribution is -2.44. The molecule has 0 spiro atoms. The third-order valence-corrected chi connectivity index (χ3v) is 5.17. The highest BCUT2D eigenvalue weighted by Crippen LogP contribution is 2.36. The Hall–Kier alpha value is -3.06. The van der Waals surface area contributed by atoms with Crippen LogP contribution >= 0.6 is 0 Å². The van der Waals surface area contributed by atoms with Gasteiger partial charge in [-0.25, -0.2) is 4.68 Å². The van der Waals surface area contributed by atoms with Crippen LogP contribution in [0.2, 0.25) is 0 Å². The van der Waals surface area contributed by atoms with Crippen molar-refractivity contribution in [1.29, 1.82) is 0 Å². The number of nitrogens with zero attached hydrogens (tertiary/aromatic N) is 4. The Kier molecular flexibility index (Phi) is 4.68. The molecule has 0 unspecified atom stereocenters. The van der Waals surface area contributed by atoms with Gasteiger partial charge in [0.15, 0.2) is 0 Å². The van der Waals surface area contributed by atoms with Crippen LogP contribution in [0, 0.1) is 6.92 Å². The fourth-order valence-electron chi connectivity index (χ4n) is 3.58. The molecule has 1 aliphatic heterocycles. The molecule has 0 radical (unpaired) electrons. The van der Waals surface area contributed by atoms with Gasteiger partial charge in [-0.15, -0.1) is 5.10 Å². The first-order valence-corrected chi connectivity index (χ1v) is 8.98. The van der Waals surface area contributed by atoms with Gasteiger partial charge in [-0.2, -0.15) is 0 Å². The van der Waals surface area contributed by atoms with E-state index in [9.17, 15) is 4.79 Å². The maximum atomic E-state index is 13.4. The van der Waals surface area contributed by atoms with Crippen molar-refractivity contribution in [3.8, 4) is 5.69 Å². The third-order valence-electron chi connectivity index (χ3n) is 5.17. The van der Waals surface area contributed by atoms with Gasteiger partial charge >= 0.3 is 0 Å². The predicted octanol–water partition coefficient (Wildman–Crippen LogP) is 2.66. The van der Waals surface area contributed by atoms with Gasteiger partial charge in [-0.3, -0.25) is 4.79 Å². The highest BCUT2D eigenvalue weighted by molar-refractivity contribution is 5.99. The van der Waals surface area contributed by atoms with Crippen molar-refractivity contribution >= 4 is 11.6 Å². The van der Waals surface area contributed by atoms with Crippen LogP contribution < -0.4 is 5.32 Å². The standard InChI is InChI=1S/C20H21N5O2/c1-15-7-8-17(13-18(15)25-14-21-23-24-25)22-19(26)20(9-11-27-12-10-20)16-5-3-2-4-6-16/h2-8,13-14H,9-12H2,1H3,(H,22,26). The van der Waals surface area contributed by atoms with Crippen LogP contribution in [0.1, 0.15) is 24.0 Å². The molecule has 1 aromatic heterocycles. The molecule has 1 N–H and O–H groups in total. The van der Waals surface area contributed by atoms with Crippen LogP contribution in [0.3, 0.4) is 0 Å². The maximum Gasteiger partial charge on any atom is 0.235 e. The number of amides is 1. The largest absolute Gasteiger partial charge is 0.381 e. The topological polar surface area (TPSA) is 81.9 Å². The SMILES string of the molecule is Cc1ccc(NC(=O)C2(c3ccccc3)CCOCC2)cc1-n1cnnn1. The molecule has 3 aromatic rings. The Morgan fingerprint density at radius 3 is 2.63 bits per heavy atom. The highest BCUT2D eigenvalue weighted by Gasteiger charge is 2.41. The van der Waals surface area contributed by atoms with Crippen LogP contribution in [0.4, 0.5) is 5.69 Å². The lowest BCUT2D eigenvalue weighted by molar-refractivity contribution is -0.125. The summed E-state index contributed by atoms with van der Waals surface area (Å²) in [6, 6.07) is 15.7. The van der Waals surface area contributed by atoms with Crippen LogP contribution in [0.25, 0.3) is 5.69 Å². The average Bonchev–Trinajstić information content (AvgIpc) is 3.25. The molecule has 0 saturated carbocycles. The van der Waals surface area contributed by atoms with Crippen molar-refractivity contribution in [2.75, 3.05) is 18.5 Å². The number of nitrogens with one attached hydrogen (secondary N) is 1. The second kappa shape index (κ2) is 7.28. The number of hydrogen-bond acceptors (Lipinski definition) is 5. The van der Waals surface area contributed by atoms with E-state index in [1.807, 2.05) is 55.5 Å². The maximum absolute atomic E-state index is 13.4. The Morgan fingerprint density at radius 2 is 1.93 bits per heavy atom. The van der Waals surface area contributed by atoms with E-state index in [2.05, 4.69) is 20.8 Å². The van der Waals surface area contributed by atoms with E-state index in [-0.39, 0.29) is 5.91 Å². The molecule has 7 heteroatoms. The summed E-state index contributed by atoms with van der Waals surface area (Å²) in [4.78, 5) is 13.4. The predicted molar refractivity (Wildman–Crippen MR) is 101 cm³/mol. The number of carbonyl (C=O) groups excluding carboxylic acids is 1. The molecule has 2 aromatic carbocycles. The van der Waals surface area contributed by atoms with Crippen molar-refractivity contribution in [1.82, 2.24) is 20.2 Å². The molecule has 138 valence electrons. The van der Waals surface area contributed by atoms with E-state index in [0.717, 1.165) is 22.5 Å². The minimum atomic E-state index is -0.584. The molecule has 27 heavy (non-hydrogen) atoms. The van der Waals surface area contributed by atoms with Crippen LogP contribution in [0.15, 0.2) is 54.9 Å². The Morgan fingerprint density at radius 1 is 1.15 bits per heavy atom. The van der Waals surface area contributed by atoms with Crippen LogP contribution in [-0.2, 0) is 14.9 Å². The van der Waals surface area contributed by atoms with Gasteiger partial charge in [0.2, 0.25) is 5.91 Å². The van der Waals surface area contributed by atoms with Gasteiger partial charge < -0.3 is 10.1 Å². The molecular weight excluding hydrogens is 342 g/mol. The van der Waals surface area contributed by atoms with Crippen molar-refractivity contribution in [2.45, 2.75) is 25.2 Å². The third kappa shape index (κ3) is 3.33. The quantitative estimate of drug-likeness (QED) is 0.771. The number of rotatable bonds is 4. The zero-order valence-corrected chi connectivity index (χ0v) is 15.1. The Labute approximate surface area is 157 Å². The van der Waals surface area contributed by atoms with Crippen LogP contribution in [0.5, 0.6) is 0 Å². The number of hydrogen-bond donors (Lipinski definition) is 1. The summed E-state index contributed by atoms with van der Waals surface area (Å²) in [7, 11) is 0. The summed E-state index contributed by atoms with van der Waals surface area (Å²) in [6.07, 6.45) is 2.86. The molecule has 1 fully saturated rings. The van der Waals surface area contributed by atoms with E-state index >= 15 is 0 Å². The molecule has 0 bridgehead atoms. The number of tetrazole rings is 1. The summed E-state index contributed by atoms with van der Waals surface area (Å²) >= 11 is 0. The molecular formula is C20H21N5O2. The van der Waals surface area contributed by atoms with Crippen molar-refractivity contribution < 1.29 is 9.53 Å². The number of aryl methyl sites for hydroxylation is 1. The minimum Gasteiger partial charge on any atom is -0.381 e. The number of ether oxygens (including phenoxy) is 1. The highest BCUT2D eigenvalue weighted by atomic mass is 16.5. The van der Waals surface area contributed by atoms with Gasteiger partial charge in [-0.1, -0.05) is 36.4 Å². The first-order chi connectivity index (χ1) is 13.2. The van der Waals surface area contributed by atoms with E-state index in [4.69, 9.17) is 4.74 Å². The van der Waals surface area contributed by atoms with Gasteiger partial charge in [-0.05, 0) is 53.5 Å². The summed E-state index contributed by atoms with van der Waals surface area (Å²) in [5, 5.41) is 14.4. The molecule has 1 amide bonds. The van der Waals surface area contributed by atoms with E-state index in [1.165, 1.54) is 6.33 Å². The van der Waals surface area contributed by atoms with E-state index in [0.29, 0.717) is 26.1 Å². The molecule has 7 nitrogen and oxygen atoms in total. The second-order valence-electron chi connectivity index (χ2n) is 6.77. The second-order valence-corrected chi connectivity index (χ2v) is 6.77. The molecule has 2 heterocycles. The van der Waals surface area contributed by atoms with Gasteiger partial charge in [0.25, 0.3) is 0 Å². The lowest BCUT2D eigenvalue weighted by atomic mass is 9.73. The van der Waals surface area contributed by atoms with Gasteiger partial charge in [0.05, 0.1) is 11.1 Å². The Bertz CT molecular complexity index is 919. The number of anilines is 1. The molecule has 0 aliphatic carbocycles. The number of benzene rings is 2. The lowest BCUT2D eigenvalue weighted by Gasteiger charge is -2.36. The normalized spacial score (nSPS) is 16.0. The molecule has 1 saturated heterocycles. The summed E-state index contributed by atoms with van der Waals surface area (Å²) < 4.78 is 7.11. The van der Waals surface area contributed by atoms with E-state index < -0.39 is 5.41 Å². The van der Waals surface area contributed by atoms with E-state index in [1.54, 1.807) is 4.68 Å². The first-order valence-electron chi connectivity index (χ1n) is 8.98. The van der Waals surface area contributed by atoms with Crippen molar-refractivity contribution in [3.63, 3.8) is 0 Å². The zero-order valence-electron chi connectivity index (χ0n) is 15.1. The van der Waals surface area contributed by atoms with Crippen LogP contribution in [-0.4, -0.2) is 39.3 Å². The van der Waals surface area contributed by atoms with Crippen molar-refractivity contribution in [2.24, 2.45) is 0 Å².